The molecule has 3 rings (SSSR count). The fourth-order valence-electron chi connectivity index (χ4n) is 2.36. The van der Waals surface area contributed by atoms with Crippen LogP contribution in [0.4, 0.5) is 0 Å². The summed E-state index contributed by atoms with van der Waals surface area (Å²) in [6.45, 7) is 4.17. The lowest BCUT2D eigenvalue weighted by Gasteiger charge is -2.04. The Bertz CT molecular complexity index is 859. The van der Waals surface area contributed by atoms with Crippen molar-refractivity contribution in [3.63, 3.8) is 0 Å². The Morgan fingerprint density at radius 1 is 1.09 bits per heavy atom. The van der Waals surface area contributed by atoms with Crippen LogP contribution in [0, 0.1) is 25.2 Å². The molecule has 0 unspecified atom stereocenters. The van der Waals surface area contributed by atoms with Crippen LogP contribution in [0.15, 0.2) is 42.0 Å². The molecule has 0 atom stereocenters. The fourth-order valence-corrected chi connectivity index (χ4v) is 2.36. The number of rotatable bonds is 3. The molecule has 0 saturated heterocycles. The maximum absolute atomic E-state index is 12.5. The van der Waals surface area contributed by atoms with E-state index in [4.69, 9.17) is 9.47 Å². The lowest BCUT2D eigenvalue weighted by molar-refractivity contribution is 0.103. The van der Waals surface area contributed by atoms with E-state index in [1.54, 1.807) is 24.3 Å². The number of ether oxygens (including phenoxy) is 2. The van der Waals surface area contributed by atoms with Crippen molar-refractivity contribution in [3.8, 4) is 17.6 Å². The third-order valence-corrected chi connectivity index (χ3v) is 3.84. The van der Waals surface area contributed by atoms with E-state index >= 15 is 0 Å². The van der Waals surface area contributed by atoms with Gasteiger partial charge in [0, 0.05) is 5.56 Å². The predicted molar refractivity (Wildman–Crippen MR) is 86.4 cm³/mol. The molecular formula is C19H15NO3. The normalized spacial score (nSPS) is 12.8. The van der Waals surface area contributed by atoms with Crippen LogP contribution in [0.5, 0.6) is 11.5 Å². The molecule has 1 aliphatic heterocycles. The van der Waals surface area contributed by atoms with E-state index in [0.717, 1.165) is 11.1 Å². The smallest absolute Gasteiger partial charge is 0.231 e. The molecule has 23 heavy (non-hydrogen) atoms. The van der Waals surface area contributed by atoms with Gasteiger partial charge in [-0.25, -0.2) is 0 Å². The number of fused-ring (bicyclic) bond motifs is 1. The van der Waals surface area contributed by atoms with Crippen molar-refractivity contribution >= 4 is 11.9 Å². The first-order valence-electron chi connectivity index (χ1n) is 7.22. The van der Waals surface area contributed by atoms with Crippen LogP contribution < -0.4 is 9.47 Å². The summed E-state index contributed by atoms with van der Waals surface area (Å²) in [5.74, 6) is 0.807. The van der Waals surface area contributed by atoms with Gasteiger partial charge in [-0.2, -0.15) is 5.26 Å². The van der Waals surface area contributed by atoms with Crippen molar-refractivity contribution < 1.29 is 14.3 Å². The summed E-state index contributed by atoms with van der Waals surface area (Å²) >= 11 is 0. The van der Waals surface area contributed by atoms with Crippen LogP contribution in [0.1, 0.15) is 27.0 Å². The lowest BCUT2D eigenvalue weighted by Crippen LogP contribution is -2.02. The molecule has 1 heterocycles. The molecule has 0 amide bonds. The highest BCUT2D eigenvalue weighted by Gasteiger charge is 2.18. The molecule has 0 N–H and O–H groups in total. The van der Waals surface area contributed by atoms with Gasteiger partial charge in [-0.3, -0.25) is 4.79 Å². The number of hydrogen-bond donors (Lipinski definition) is 0. The zero-order chi connectivity index (χ0) is 16.4. The summed E-state index contributed by atoms with van der Waals surface area (Å²) in [6, 6.07) is 12.7. The Hall–Kier alpha value is -3.06. The van der Waals surface area contributed by atoms with Gasteiger partial charge in [0.25, 0.3) is 0 Å². The van der Waals surface area contributed by atoms with Gasteiger partial charge in [0.05, 0.1) is 0 Å². The molecule has 2 aromatic carbocycles. The molecule has 114 valence electrons. The van der Waals surface area contributed by atoms with Crippen LogP contribution in [0.2, 0.25) is 0 Å². The molecular weight excluding hydrogens is 290 g/mol. The zero-order valence-electron chi connectivity index (χ0n) is 12.9. The van der Waals surface area contributed by atoms with Crippen LogP contribution in [0.25, 0.3) is 6.08 Å². The van der Waals surface area contributed by atoms with Crippen molar-refractivity contribution in [2.45, 2.75) is 13.8 Å². The molecule has 2 aromatic rings. The number of Topliss-reactive ketones (excluding diaryl/α,β-unsaturated/α-hetero) is 1. The maximum Gasteiger partial charge on any atom is 0.231 e. The molecule has 0 spiro atoms. The van der Waals surface area contributed by atoms with Gasteiger partial charge in [0.1, 0.15) is 11.6 Å². The predicted octanol–water partition coefficient (Wildman–Crippen LogP) is 3.82. The third kappa shape index (κ3) is 2.95. The molecule has 1 aliphatic rings. The lowest BCUT2D eigenvalue weighted by atomic mass is 10.00. The van der Waals surface area contributed by atoms with Crippen molar-refractivity contribution in [2.75, 3.05) is 6.79 Å². The van der Waals surface area contributed by atoms with Gasteiger partial charge >= 0.3 is 0 Å². The van der Waals surface area contributed by atoms with Gasteiger partial charge in [-0.1, -0.05) is 18.2 Å². The quantitative estimate of drug-likeness (QED) is 0.491. The summed E-state index contributed by atoms with van der Waals surface area (Å²) in [5.41, 5.74) is 3.62. The minimum atomic E-state index is -0.330. The van der Waals surface area contributed by atoms with E-state index in [9.17, 15) is 10.1 Å². The van der Waals surface area contributed by atoms with Gasteiger partial charge in [0.15, 0.2) is 11.5 Å². The summed E-state index contributed by atoms with van der Waals surface area (Å²) in [4.78, 5) is 12.5. The third-order valence-electron chi connectivity index (χ3n) is 3.84. The molecule has 0 saturated carbocycles. The number of benzene rings is 2. The maximum atomic E-state index is 12.5. The number of ketones is 1. The average molecular weight is 305 g/mol. The molecule has 0 aliphatic carbocycles. The fraction of sp³-hybridized carbons (Fsp3) is 0.158. The van der Waals surface area contributed by atoms with Crippen LogP contribution in [0.3, 0.4) is 0 Å². The first-order chi connectivity index (χ1) is 11.1. The first-order valence-corrected chi connectivity index (χ1v) is 7.22. The second-order valence-corrected chi connectivity index (χ2v) is 5.41. The van der Waals surface area contributed by atoms with E-state index in [2.05, 4.69) is 0 Å². The summed E-state index contributed by atoms with van der Waals surface area (Å²) in [5, 5.41) is 9.34. The number of carbonyl (C=O) groups excluding carboxylic acids is 1. The Kier molecular flexibility index (Phi) is 3.86. The van der Waals surface area contributed by atoms with E-state index in [-0.39, 0.29) is 18.1 Å². The standard InChI is InChI=1S/C19H15NO3/c1-12-3-4-14(7-13(12)2)8-16(10-20)19(21)15-5-6-17-18(9-15)23-11-22-17/h3-9H,11H2,1-2H3. The Balaban J connectivity index is 1.94. The average Bonchev–Trinajstić information content (AvgIpc) is 3.02. The van der Waals surface area contributed by atoms with Gasteiger partial charge < -0.3 is 9.47 Å². The van der Waals surface area contributed by atoms with Gasteiger partial charge in [0.2, 0.25) is 12.6 Å². The summed E-state index contributed by atoms with van der Waals surface area (Å²) in [6.07, 6.45) is 1.61. The number of aryl methyl sites for hydroxylation is 2. The van der Waals surface area contributed by atoms with E-state index < -0.39 is 0 Å². The number of carbonyl (C=O) groups is 1. The number of nitrogens with zero attached hydrogens (tertiary/aromatic N) is 1. The highest BCUT2D eigenvalue weighted by molar-refractivity contribution is 6.14. The molecule has 0 radical (unpaired) electrons. The summed E-state index contributed by atoms with van der Waals surface area (Å²) < 4.78 is 10.5. The molecule has 0 bridgehead atoms. The first kappa shape index (κ1) is 14.9. The Labute approximate surface area is 134 Å². The second-order valence-electron chi connectivity index (χ2n) is 5.41. The number of nitriles is 1. The Morgan fingerprint density at radius 3 is 2.61 bits per heavy atom. The monoisotopic (exact) mass is 305 g/mol. The SMILES string of the molecule is Cc1ccc(C=C(C#N)C(=O)c2ccc3c(c2)OCO3)cc1C. The highest BCUT2D eigenvalue weighted by atomic mass is 16.7. The minimum Gasteiger partial charge on any atom is -0.454 e. The topological polar surface area (TPSA) is 59.3 Å². The molecule has 4 heteroatoms. The largest absolute Gasteiger partial charge is 0.454 e. The van der Waals surface area contributed by atoms with E-state index in [1.807, 2.05) is 38.1 Å². The van der Waals surface area contributed by atoms with Gasteiger partial charge in [-0.15, -0.1) is 0 Å². The zero-order valence-corrected chi connectivity index (χ0v) is 12.9. The van der Waals surface area contributed by atoms with Crippen molar-refractivity contribution in [2.24, 2.45) is 0 Å². The second kappa shape index (κ2) is 5.98. The Morgan fingerprint density at radius 2 is 1.87 bits per heavy atom. The highest BCUT2D eigenvalue weighted by Crippen LogP contribution is 2.33. The van der Waals surface area contributed by atoms with Gasteiger partial charge in [-0.05, 0) is 54.8 Å². The van der Waals surface area contributed by atoms with E-state index in [0.29, 0.717) is 17.1 Å². The molecule has 0 aromatic heterocycles. The number of allylic oxidation sites excluding steroid dienone is 1. The van der Waals surface area contributed by atoms with Crippen molar-refractivity contribution in [1.82, 2.24) is 0 Å². The van der Waals surface area contributed by atoms with E-state index in [1.165, 1.54) is 5.56 Å². The van der Waals surface area contributed by atoms with Crippen molar-refractivity contribution in [1.29, 1.82) is 5.26 Å². The van der Waals surface area contributed by atoms with Crippen molar-refractivity contribution in [3.05, 3.63) is 64.2 Å². The van der Waals surface area contributed by atoms with Crippen LogP contribution in [-0.2, 0) is 0 Å². The number of hydrogen-bond acceptors (Lipinski definition) is 4. The minimum absolute atomic E-state index is 0.0899. The van der Waals surface area contributed by atoms with Crippen LogP contribution >= 0.6 is 0 Å². The molecule has 4 nitrogen and oxygen atoms in total. The van der Waals surface area contributed by atoms with Crippen LogP contribution in [-0.4, -0.2) is 12.6 Å². The molecule has 0 fully saturated rings. The summed E-state index contributed by atoms with van der Waals surface area (Å²) in [7, 11) is 0.